The minimum Gasteiger partial charge on any atom is -0.494 e. The third kappa shape index (κ3) is 6.41. The van der Waals surface area contributed by atoms with E-state index in [1.807, 2.05) is 44.2 Å². The normalized spacial score (nSPS) is 11.0. The molecule has 0 fully saturated rings. The number of benzene rings is 1. The number of hydrazone groups is 1. The van der Waals surface area contributed by atoms with E-state index in [1.165, 1.54) is 12.8 Å². The van der Waals surface area contributed by atoms with Gasteiger partial charge in [0.05, 0.1) is 18.5 Å². The highest BCUT2D eigenvalue weighted by Crippen LogP contribution is 2.11. The predicted octanol–water partition coefficient (Wildman–Crippen LogP) is 3.22. The zero-order valence-corrected chi connectivity index (χ0v) is 15.2. The fourth-order valence-electron chi connectivity index (χ4n) is 2.38. The SMILES string of the molecule is CCCCCOc1ccc(/C=N/NC(=O)Cn2nc(C)cc2C)cc1. The Balaban J connectivity index is 1.77. The van der Waals surface area contributed by atoms with Crippen molar-refractivity contribution in [1.29, 1.82) is 0 Å². The Hall–Kier alpha value is -2.63. The number of hydrogen-bond acceptors (Lipinski definition) is 4. The Kier molecular flexibility index (Phi) is 7.19. The highest BCUT2D eigenvalue weighted by Gasteiger charge is 2.05. The third-order valence-electron chi connectivity index (χ3n) is 3.70. The van der Waals surface area contributed by atoms with Crippen LogP contribution in [0, 0.1) is 13.8 Å². The first-order valence-corrected chi connectivity index (χ1v) is 8.64. The number of unbranched alkanes of at least 4 members (excludes halogenated alkanes) is 2. The predicted molar refractivity (Wildman–Crippen MR) is 98.9 cm³/mol. The quantitative estimate of drug-likeness (QED) is 0.432. The first-order valence-electron chi connectivity index (χ1n) is 8.64. The summed E-state index contributed by atoms with van der Waals surface area (Å²) >= 11 is 0. The molecule has 0 saturated carbocycles. The monoisotopic (exact) mass is 342 g/mol. The van der Waals surface area contributed by atoms with Crippen molar-refractivity contribution < 1.29 is 9.53 Å². The molecular formula is C19H26N4O2. The van der Waals surface area contributed by atoms with Crippen molar-refractivity contribution in [2.24, 2.45) is 5.10 Å². The lowest BCUT2D eigenvalue weighted by atomic mass is 10.2. The van der Waals surface area contributed by atoms with E-state index in [0.717, 1.165) is 35.7 Å². The van der Waals surface area contributed by atoms with E-state index < -0.39 is 0 Å². The summed E-state index contributed by atoms with van der Waals surface area (Å²) in [6, 6.07) is 9.57. The molecule has 0 spiro atoms. The molecule has 134 valence electrons. The Morgan fingerprint density at radius 1 is 1.28 bits per heavy atom. The fourth-order valence-corrected chi connectivity index (χ4v) is 2.38. The van der Waals surface area contributed by atoms with Gasteiger partial charge in [0.1, 0.15) is 12.3 Å². The highest BCUT2D eigenvalue weighted by molar-refractivity contribution is 5.82. The number of rotatable bonds is 9. The average molecular weight is 342 g/mol. The molecule has 1 aromatic heterocycles. The molecule has 1 aromatic carbocycles. The topological polar surface area (TPSA) is 68.5 Å². The Bertz CT molecular complexity index is 705. The van der Waals surface area contributed by atoms with Crippen LogP contribution < -0.4 is 10.2 Å². The van der Waals surface area contributed by atoms with Crippen molar-refractivity contribution in [1.82, 2.24) is 15.2 Å². The molecule has 0 aliphatic heterocycles. The van der Waals surface area contributed by atoms with Crippen molar-refractivity contribution in [2.45, 2.75) is 46.6 Å². The van der Waals surface area contributed by atoms with Gasteiger partial charge >= 0.3 is 0 Å². The van der Waals surface area contributed by atoms with E-state index in [4.69, 9.17) is 4.74 Å². The molecule has 0 bridgehead atoms. The van der Waals surface area contributed by atoms with Crippen LogP contribution in [0.5, 0.6) is 5.75 Å². The molecule has 1 heterocycles. The summed E-state index contributed by atoms with van der Waals surface area (Å²) in [7, 11) is 0. The molecule has 1 amide bonds. The van der Waals surface area contributed by atoms with Gasteiger partial charge in [-0.15, -0.1) is 0 Å². The van der Waals surface area contributed by atoms with Gasteiger partial charge in [-0.25, -0.2) is 5.43 Å². The van der Waals surface area contributed by atoms with Gasteiger partial charge in [0.2, 0.25) is 0 Å². The second-order valence-corrected chi connectivity index (χ2v) is 6.00. The molecule has 6 nitrogen and oxygen atoms in total. The number of carbonyl (C=O) groups excluding carboxylic acids is 1. The molecule has 0 atom stereocenters. The first-order chi connectivity index (χ1) is 12.1. The van der Waals surface area contributed by atoms with Crippen LogP contribution in [0.15, 0.2) is 35.4 Å². The lowest BCUT2D eigenvalue weighted by molar-refractivity contribution is -0.121. The van der Waals surface area contributed by atoms with E-state index in [0.29, 0.717) is 0 Å². The summed E-state index contributed by atoms with van der Waals surface area (Å²) in [6.07, 6.45) is 5.05. The van der Waals surface area contributed by atoms with E-state index in [2.05, 4.69) is 22.5 Å². The van der Waals surface area contributed by atoms with Crippen molar-refractivity contribution in [3.8, 4) is 5.75 Å². The number of amides is 1. The van der Waals surface area contributed by atoms with E-state index in [9.17, 15) is 4.79 Å². The zero-order valence-electron chi connectivity index (χ0n) is 15.2. The molecule has 0 radical (unpaired) electrons. The standard InChI is InChI=1S/C19H26N4O2/c1-4-5-6-11-25-18-9-7-17(8-10-18)13-20-21-19(24)14-23-16(3)12-15(2)22-23/h7-10,12-13H,4-6,11,14H2,1-3H3,(H,21,24)/b20-13+. The van der Waals surface area contributed by atoms with Gasteiger partial charge in [0, 0.05) is 5.69 Å². The van der Waals surface area contributed by atoms with Crippen LogP contribution >= 0.6 is 0 Å². The molecule has 0 saturated heterocycles. The van der Waals surface area contributed by atoms with E-state index >= 15 is 0 Å². The lowest BCUT2D eigenvalue weighted by Gasteiger charge is -2.05. The van der Waals surface area contributed by atoms with Gasteiger partial charge in [-0.2, -0.15) is 10.2 Å². The van der Waals surface area contributed by atoms with Gasteiger partial charge in [-0.3, -0.25) is 9.48 Å². The van der Waals surface area contributed by atoms with Crippen molar-refractivity contribution in [2.75, 3.05) is 6.61 Å². The molecule has 25 heavy (non-hydrogen) atoms. The van der Waals surface area contributed by atoms with E-state index in [1.54, 1.807) is 10.9 Å². The van der Waals surface area contributed by atoms with Crippen LogP contribution in [0.2, 0.25) is 0 Å². The maximum atomic E-state index is 11.9. The largest absolute Gasteiger partial charge is 0.494 e. The Morgan fingerprint density at radius 2 is 2.04 bits per heavy atom. The lowest BCUT2D eigenvalue weighted by Crippen LogP contribution is -2.24. The first kappa shape index (κ1) is 18.7. The van der Waals surface area contributed by atoms with Crippen molar-refractivity contribution in [3.05, 3.63) is 47.3 Å². The Morgan fingerprint density at radius 3 is 2.68 bits per heavy atom. The summed E-state index contributed by atoms with van der Waals surface area (Å²) in [6.45, 7) is 6.88. The summed E-state index contributed by atoms with van der Waals surface area (Å²) < 4.78 is 7.32. The number of nitrogens with one attached hydrogen (secondary N) is 1. The molecular weight excluding hydrogens is 316 g/mol. The smallest absolute Gasteiger partial charge is 0.261 e. The number of carbonyl (C=O) groups is 1. The molecule has 2 rings (SSSR count). The number of hydrogen-bond donors (Lipinski definition) is 1. The van der Waals surface area contributed by atoms with Crippen LogP contribution in [-0.4, -0.2) is 28.5 Å². The van der Waals surface area contributed by atoms with Crippen LogP contribution in [-0.2, 0) is 11.3 Å². The van der Waals surface area contributed by atoms with Crippen molar-refractivity contribution >= 4 is 12.1 Å². The average Bonchev–Trinajstić information content (AvgIpc) is 2.90. The minimum atomic E-state index is -0.210. The second kappa shape index (κ2) is 9.61. The second-order valence-electron chi connectivity index (χ2n) is 6.00. The van der Waals surface area contributed by atoms with Gasteiger partial charge in [-0.05, 0) is 56.2 Å². The van der Waals surface area contributed by atoms with Crippen LogP contribution in [0.3, 0.4) is 0 Å². The van der Waals surface area contributed by atoms with Gasteiger partial charge in [-0.1, -0.05) is 19.8 Å². The number of nitrogens with zero attached hydrogens (tertiary/aromatic N) is 3. The van der Waals surface area contributed by atoms with Crippen LogP contribution in [0.25, 0.3) is 0 Å². The summed E-state index contributed by atoms with van der Waals surface area (Å²) in [4.78, 5) is 11.9. The molecule has 0 aliphatic carbocycles. The van der Waals surface area contributed by atoms with Crippen LogP contribution in [0.1, 0.15) is 43.1 Å². The maximum Gasteiger partial charge on any atom is 0.261 e. The third-order valence-corrected chi connectivity index (χ3v) is 3.70. The molecule has 0 unspecified atom stereocenters. The van der Waals surface area contributed by atoms with Gasteiger partial charge in [0.25, 0.3) is 5.91 Å². The fraction of sp³-hybridized carbons (Fsp3) is 0.421. The summed E-state index contributed by atoms with van der Waals surface area (Å²) in [5.74, 6) is 0.639. The van der Waals surface area contributed by atoms with Crippen molar-refractivity contribution in [3.63, 3.8) is 0 Å². The minimum absolute atomic E-state index is 0.154. The Labute approximate surface area is 148 Å². The molecule has 1 N–H and O–H groups in total. The van der Waals surface area contributed by atoms with Gasteiger partial charge in [0.15, 0.2) is 0 Å². The number of ether oxygens (including phenoxy) is 1. The van der Waals surface area contributed by atoms with E-state index in [-0.39, 0.29) is 12.5 Å². The van der Waals surface area contributed by atoms with Crippen LogP contribution in [0.4, 0.5) is 0 Å². The zero-order chi connectivity index (χ0) is 18.1. The van der Waals surface area contributed by atoms with Gasteiger partial charge < -0.3 is 4.74 Å². The summed E-state index contributed by atoms with van der Waals surface area (Å²) in [5.41, 5.74) is 5.26. The number of aromatic nitrogens is 2. The maximum absolute atomic E-state index is 11.9. The molecule has 2 aromatic rings. The number of aryl methyl sites for hydroxylation is 2. The highest BCUT2D eigenvalue weighted by atomic mass is 16.5. The molecule has 0 aliphatic rings. The summed E-state index contributed by atoms with van der Waals surface area (Å²) in [5, 5.41) is 8.24. The molecule has 6 heteroatoms.